The maximum absolute atomic E-state index is 13.4. The van der Waals surface area contributed by atoms with Crippen LogP contribution in [0.25, 0.3) is 0 Å². The fraction of sp³-hybridized carbons (Fsp3) is 0.200. The van der Waals surface area contributed by atoms with Gasteiger partial charge in [-0.1, -0.05) is 54.6 Å². The molecular weight excluding hydrogens is 361 g/mol. The van der Waals surface area contributed by atoms with Gasteiger partial charge in [-0.2, -0.15) is 0 Å². The van der Waals surface area contributed by atoms with Crippen molar-refractivity contribution >= 4 is 23.2 Å². The molecule has 0 bridgehead atoms. The number of benzene rings is 3. The van der Waals surface area contributed by atoms with Gasteiger partial charge in [0.1, 0.15) is 23.2 Å². The third-order valence-corrected chi connectivity index (χ3v) is 8.99. The Morgan fingerprint density at radius 1 is 0.786 bits per heavy atom. The quantitative estimate of drug-likeness (QED) is 0.453. The minimum absolute atomic E-state index is 0.0994. The second-order valence-electron chi connectivity index (χ2n) is 7.08. The van der Waals surface area contributed by atoms with Crippen molar-refractivity contribution in [2.45, 2.75) is 26.8 Å². The zero-order valence-electron chi connectivity index (χ0n) is 16.8. The van der Waals surface area contributed by atoms with Gasteiger partial charge in [-0.05, 0) is 63.1 Å². The highest BCUT2D eigenvalue weighted by Crippen LogP contribution is 2.57. The van der Waals surface area contributed by atoms with Crippen molar-refractivity contribution in [2.24, 2.45) is 0 Å². The Morgan fingerprint density at radius 2 is 1.14 bits per heavy atom. The van der Waals surface area contributed by atoms with Crippen molar-refractivity contribution in [2.75, 3.05) is 6.54 Å². The number of hydrogen-bond acceptors (Lipinski definition) is 2. The molecule has 3 aromatic rings. The van der Waals surface area contributed by atoms with Crippen LogP contribution in [-0.4, -0.2) is 17.5 Å². The lowest BCUT2D eigenvalue weighted by atomic mass is 10.3. The van der Waals surface area contributed by atoms with Crippen LogP contribution in [-0.2, 0) is 0 Å². The lowest BCUT2D eigenvalue weighted by Gasteiger charge is -2.35. The molecule has 2 nitrogen and oxygen atoms in total. The molecule has 0 saturated heterocycles. The van der Waals surface area contributed by atoms with E-state index in [-0.39, 0.29) is 11.9 Å². The molecule has 0 aliphatic heterocycles. The van der Waals surface area contributed by atoms with E-state index in [1.165, 1.54) is 15.9 Å². The molecule has 0 heterocycles. The standard InChI is InChI=1S/C25H28NOP/c1-4-26(21(2)3)25(27)20-28(22-14-8-5-9-15-22,23-16-10-6-11-17-23)24-18-12-7-13-19-24/h5-21H,4H2,1-3H3/b25-20-. The lowest BCUT2D eigenvalue weighted by Crippen LogP contribution is -2.38. The first kappa shape index (κ1) is 20.2. The molecule has 0 radical (unpaired) electrons. The molecule has 0 amide bonds. The zero-order chi connectivity index (χ0) is 20.0. The Morgan fingerprint density at radius 3 is 1.43 bits per heavy atom. The van der Waals surface area contributed by atoms with Crippen LogP contribution in [0, 0.1) is 0 Å². The van der Waals surface area contributed by atoms with E-state index in [2.05, 4.69) is 86.6 Å². The van der Waals surface area contributed by atoms with Gasteiger partial charge in [0.05, 0.1) is 5.82 Å². The summed E-state index contributed by atoms with van der Waals surface area (Å²) in [4.78, 5) is 1.93. The Balaban J connectivity index is 2.35. The molecule has 3 aromatic carbocycles. The van der Waals surface area contributed by atoms with Gasteiger partial charge >= 0.3 is 0 Å². The van der Waals surface area contributed by atoms with Crippen molar-refractivity contribution in [1.29, 1.82) is 0 Å². The molecule has 0 atom stereocenters. The second-order valence-corrected chi connectivity index (χ2v) is 10.3. The summed E-state index contributed by atoms with van der Waals surface area (Å²) in [7, 11) is -2.23. The van der Waals surface area contributed by atoms with Crippen molar-refractivity contribution in [3.8, 4) is 0 Å². The smallest absolute Gasteiger partial charge is 0.137 e. The fourth-order valence-electron chi connectivity index (χ4n) is 3.68. The van der Waals surface area contributed by atoms with Gasteiger partial charge in [0, 0.05) is 12.6 Å². The van der Waals surface area contributed by atoms with Crippen molar-refractivity contribution in [3.63, 3.8) is 0 Å². The number of nitrogens with zero attached hydrogens (tertiary/aromatic N) is 1. The highest BCUT2D eigenvalue weighted by Gasteiger charge is 2.43. The van der Waals surface area contributed by atoms with Crippen LogP contribution < -0.4 is 21.0 Å². The molecule has 0 aliphatic rings. The van der Waals surface area contributed by atoms with Crippen LogP contribution in [0.2, 0.25) is 0 Å². The average Bonchev–Trinajstić information content (AvgIpc) is 2.74. The van der Waals surface area contributed by atoms with Crippen LogP contribution in [0.4, 0.5) is 0 Å². The molecule has 0 aliphatic carbocycles. The SMILES string of the molecule is CCN(/C([O-])=C/[P+](c1ccccc1)(c1ccccc1)c1ccccc1)C(C)C. The summed E-state index contributed by atoms with van der Waals surface area (Å²) >= 11 is 0. The van der Waals surface area contributed by atoms with Crippen molar-refractivity contribution < 1.29 is 5.11 Å². The van der Waals surface area contributed by atoms with Crippen LogP contribution in [0.15, 0.2) is 103 Å². The van der Waals surface area contributed by atoms with E-state index < -0.39 is 7.26 Å². The molecule has 28 heavy (non-hydrogen) atoms. The molecule has 0 unspecified atom stereocenters. The van der Waals surface area contributed by atoms with E-state index in [1.807, 2.05) is 35.8 Å². The summed E-state index contributed by atoms with van der Waals surface area (Å²) in [5.74, 6) is 2.11. The molecule has 3 heteroatoms. The largest absolute Gasteiger partial charge is 0.858 e. The van der Waals surface area contributed by atoms with Crippen molar-refractivity contribution in [1.82, 2.24) is 4.90 Å². The van der Waals surface area contributed by atoms with Crippen LogP contribution in [0.1, 0.15) is 20.8 Å². The van der Waals surface area contributed by atoms with E-state index in [0.717, 1.165) is 0 Å². The normalized spacial score (nSPS) is 12.2. The summed E-state index contributed by atoms with van der Waals surface area (Å²) in [5, 5.41) is 17.0. The van der Waals surface area contributed by atoms with Gasteiger partial charge in [0.2, 0.25) is 0 Å². The van der Waals surface area contributed by atoms with Crippen LogP contribution in [0.5, 0.6) is 0 Å². The molecule has 0 fully saturated rings. The third kappa shape index (κ3) is 3.98. The monoisotopic (exact) mass is 389 g/mol. The van der Waals surface area contributed by atoms with E-state index >= 15 is 0 Å². The van der Waals surface area contributed by atoms with Gasteiger partial charge in [0.15, 0.2) is 0 Å². The van der Waals surface area contributed by atoms with Crippen molar-refractivity contribution in [3.05, 3.63) is 103 Å². The van der Waals surface area contributed by atoms with E-state index in [0.29, 0.717) is 6.54 Å². The molecular formula is C25H28NOP. The Kier molecular flexibility index (Phi) is 6.54. The average molecular weight is 389 g/mol. The Bertz CT molecular complexity index is 795. The summed E-state index contributed by atoms with van der Waals surface area (Å²) < 4.78 is 0. The van der Waals surface area contributed by atoms with E-state index in [1.54, 1.807) is 0 Å². The molecule has 144 valence electrons. The summed E-state index contributed by atoms with van der Waals surface area (Å²) in [6.07, 6.45) is 0. The highest BCUT2D eigenvalue weighted by molar-refractivity contribution is 7.98. The van der Waals surface area contributed by atoms with E-state index in [9.17, 15) is 5.11 Å². The van der Waals surface area contributed by atoms with Gasteiger partial charge in [-0.15, -0.1) is 0 Å². The van der Waals surface area contributed by atoms with Gasteiger partial charge in [-0.25, -0.2) is 0 Å². The molecule has 3 rings (SSSR count). The topological polar surface area (TPSA) is 26.3 Å². The van der Waals surface area contributed by atoms with Gasteiger partial charge < -0.3 is 10.0 Å². The summed E-state index contributed by atoms with van der Waals surface area (Å²) in [6.45, 7) is 6.89. The zero-order valence-corrected chi connectivity index (χ0v) is 17.7. The molecule has 0 aromatic heterocycles. The molecule has 0 spiro atoms. The summed E-state index contributed by atoms with van der Waals surface area (Å²) in [6, 6.07) is 31.6. The minimum Gasteiger partial charge on any atom is -0.858 e. The second kappa shape index (κ2) is 9.08. The first-order valence-corrected chi connectivity index (χ1v) is 11.7. The summed E-state index contributed by atoms with van der Waals surface area (Å²) in [5.41, 5.74) is 0. The highest BCUT2D eigenvalue weighted by atomic mass is 31.2. The maximum atomic E-state index is 13.4. The number of rotatable bonds is 7. The van der Waals surface area contributed by atoms with Gasteiger partial charge in [-0.3, -0.25) is 0 Å². The first-order valence-electron chi connectivity index (χ1n) is 9.81. The van der Waals surface area contributed by atoms with Crippen LogP contribution in [0.3, 0.4) is 0 Å². The van der Waals surface area contributed by atoms with Crippen LogP contribution >= 0.6 is 7.26 Å². The predicted molar refractivity (Wildman–Crippen MR) is 121 cm³/mol. The maximum Gasteiger partial charge on any atom is 0.137 e. The van der Waals surface area contributed by atoms with E-state index in [4.69, 9.17) is 0 Å². The number of hydrogen-bond donors (Lipinski definition) is 0. The first-order chi connectivity index (χ1) is 13.6. The predicted octanol–water partition coefficient (Wildman–Crippen LogP) is 3.87. The molecule has 0 saturated carbocycles. The lowest BCUT2D eigenvalue weighted by molar-refractivity contribution is -0.334. The third-order valence-electron chi connectivity index (χ3n) is 5.04. The fourth-order valence-corrected chi connectivity index (χ4v) is 7.42. The minimum atomic E-state index is -2.23. The Hall–Kier alpha value is -2.57. The molecule has 0 N–H and O–H groups in total. The van der Waals surface area contributed by atoms with Gasteiger partial charge in [0.25, 0.3) is 0 Å². The Labute approximate surface area is 169 Å².